The minimum absolute atomic E-state index is 0.421. The SMILES string of the molecule is CCNc1ncnc(NCC2(CCOC)CC2)c1CC. The van der Waals surface area contributed by atoms with E-state index in [9.17, 15) is 0 Å². The molecule has 0 bridgehead atoms. The molecule has 1 fully saturated rings. The Morgan fingerprint density at radius 3 is 2.45 bits per heavy atom. The molecule has 1 aromatic heterocycles. The first-order valence-electron chi connectivity index (χ1n) is 7.55. The lowest BCUT2D eigenvalue weighted by molar-refractivity contribution is 0.175. The van der Waals surface area contributed by atoms with Gasteiger partial charge < -0.3 is 15.4 Å². The summed E-state index contributed by atoms with van der Waals surface area (Å²) in [5.41, 5.74) is 1.60. The summed E-state index contributed by atoms with van der Waals surface area (Å²) in [6.45, 7) is 6.92. The largest absolute Gasteiger partial charge is 0.385 e. The molecule has 2 rings (SSSR count). The van der Waals surface area contributed by atoms with Crippen LogP contribution in [0.1, 0.15) is 38.7 Å². The fraction of sp³-hybridized carbons (Fsp3) is 0.733. The van der Waals surface area contributed by atoms with Crippen molar-refractivity contribution in [1.82, 2.24) is 9.97 Å². The van der Waals surface area contributed by atoms with E-state index in [2.05, 4.69) is 34.4 Å². The van der Waals surface area contributed by atoms with Gasteiger partial charge in [0.1, 0.15) is 18.0 Å². The van der Waals surface area contributed by atoms with Crippen LogP contribution in [-0.4, -0.2) is 36.8 Å². The standard InChI is InChI=1S/C15H26N4O/c1-4-12-13(16-5-2)18-11-19-14(12)17-10-15(6-7-15)8-9-20-3/h11H,4-10H2,1-3H3,(H2,16,17,18,19). The summed E-state index contributed by atoms with van der Waals surface area (Å²) >= 11 is 0. The zero-order chi connectivity index (χ0) is 14.4. The highest BCUT2D eigenvalue weighted by Crippen LogP contribution is 2.48. The number of aromatic nitrogens is 2. The van der Waals surface area contributed by atoms with Gasteiger partial charge in [-0.05, 0) is 38.0 Å². The summed E-state index contributed by atoms with van der Waals surface area (Å²) in [6, 6.07) is 0. The Kier molecular flexibility index (Phi) is 5.17. The normalized spacial score (nSPS) is 15.9. The van der Waals surface area contributed by atoms with Gasteiger partial charge in [-0.1, -0.05) is 6.92 Å². The summed E-state index contributed by atoms with van der Waals surface area (Å²) in [5, 5.41) is 6.83. The maximum atomic E-state index is 5.20. The molecule has 0 amide bonds. The van der Waals surface area contributed by atoms with Gasteiger partial charge in [0.05, 0.1) is 0 Å². The highest BCUT2D eigenvalue weighted by molar-refractivity contribution is 5.57. The summed E-state index contributed by atoms with van der Waals surface area (Å²) in [4.78, 5) is 8.74. The Morgan fingerprint density at radius 1 is 1.20 bits per heavy atom. The molecule has 1 saturated carbocycles. The zero-order valence-electron chi connectivity index (χ0n) is 12.8. The molecule has 0 saturated heterocycles. The molecule has 0 atom stereocenters. The quantitative estimate of drug-likeness (QED) is 0.727. The van der Waals surface area contributed by atoms with Crippen LogP contribution in [-0.2, 0) is 11.2 Å². The first-order valence-corrected chi connectivity index (χ1v) is 7.55. The van der Waals surface area contributed by atoms with Crippen LogP contribution in [0.25, 0.3) is 0 Å². The second kappa shape index (κ2) is 6.88. The van der Waals surface area contributed by atoms with Gasteiger partial charge in [0.2, 0.25) is 0 Å². The Balaban J connectivity index is 2.00. The predicted octanol–water partition coefficient (Wildman–Crippen LogP) is 2.70. The second-order valence-corrected chi connectivity index (χ2v) is 5.53. The number of hydrogen-bond acceptors (Lipinski definition) is 5. The maximum absolute atomic E-state index is 5.20. The van der Waals surface area contributed by atoms with Crippen molar-refractivity contribution in [3.63, 3.8) is 0 Å². The van der Waals surface area contributed by atoms with E-state index >= 15 is 0 Å². The average Bonchev–Trinajstić information content (AvgIpc) is 3.24. The summed E-state index contributed by atoms with van der Waals surface area (Å²) in [7, 11) is 1.77. The molecule has 0 radical (unpaired) electrons. The topological polar surface area (TPSA) is 59.1 Å². The first kappa shape index (κ1) is 15.0. The molecule has 0 unspecified atom stereocenters. The van der Waals surface area contributed by atoms with Gasteiger partial charge in [-0.15, -0.1) is 0 Å². The summed E-state index contributed by atoms with van der Waals surface area (Å²) in [6.07, 6.45) is 6.26. The minimum atomic E-state index is 0.421. The molecule has 5 nitrogen and oxygen atoms in total. The Bertz CT molecular complexity index is 432. The number of methoxy groups -OCH3 is 1. The average molecular weight is 278 g/mol. The number of ether oxygens (including phenoxy) is 1. The lowest BCUT2D eigenvalue weighted by Crippen LogP contribution is -2.19. The van der Waals surface area contributed by atoms with Crippen LogP contribution in [0.5, 0.6) is 0 Å². The Hall–Kier alpha value is -1.36. The van der Waals surface area contributed by atoms with Gasteiger partial charge in [-0.25, -0.2) is 9.97 Å². The predicted molar refractivity (Wildman–Crippen MR) is 82.2 cm³/mol. The molecule has 1 heterocycles. The molecule has 1 aliphatic carbocycles. The molecule has 2 N–H and O–H groups in total. The van der Waals surface area contributed by atoms with Crippen molar-refractivity contribution in [2.24, 2.45) is 5.41 Å². The third kappa shape index (κ3) is 3.60. The molecule has 0 aliphatic heterocycles. The Morgan fingerprint density at radius 2 is 1.90 bits per heavy atom. The molecule has 1 aliphatic rings. The maximum Gasteiger partial charge on any atom is 0.134 e. The van der Waals surface area contributed by atoms with Crippen LogP contribution >= 0.6 is 0 Å². The van der Waals surface area contributed by atoms with Crippen LogP contribution in [0, 0.1) is 5.41 Å². The second-order valence-electron chi connectivity index (χ2n) is 5.53. The molecule has 112 valence electrons. The van der Waals surface area contributed by atoms with Crippen molar-refractivity contribution >= 4 is 11.6 Å². The van der Waals surface area contributed by atoms with Crippen LogP contribution in [0.2, 0.25) is 0 Å². The van der Waals surface area contributed by atoms with E-state index in [0.29, 0.717) is 5.41 Å². The van der Waals surface area contributed by atoms with Gasteiger partial charge >= 0.3 is 0 Å². The number of nitrogens with zero attached hydrogens (tertiary/aromatic N) is 2. The van der Waals surface area contributed by atoms with Crippen LogP contribution < -0.4 is 10.6 Å². The van der Waals surface area contributed by atoms with E-state index in [1.165, 1.54) is 18.4 Å². The van der Waals surface area contributed by atoms with Crippen molar-refractivity contribution < 1.29 is 4.74 Å². The first-order chi connectivity index (χ1) is 9.74. The highest BCUT2D eigenvalue weighted by Gasteiger charge is 2.41. The summed E-state index contributed by atoms with van der Waals surface area (Å²) < 4.78 is 5.20. The van der Waals surface area contributed by atoms with E-state index in [0.717, 1.165) is 44.2 Å². The van der Waals surface area contributed by atoms with Gasteiger partial charge in [-0.3, -0.25) is 0 Å². The smallest absolute Gasteiger partial charge is 0.134 e. The monoisotopic (exact) mass is 278 g/mol. The van der Waals surface area contributed by atoms with E-state index in [1.54, 1.807) is 13.4 Å². The van der Waals surface area contributed by atoms with Crippen LogP contribution in [0.4, 0.5) is 11.6 Å². The number of nitrogens with one attached hydrogen (secondary N) is 2. The fourth-order valence-corrected chi connectivity index (χ4v) is 2.50. The number of rotatable bonds is 9. The molecule has 5 heteroatoms. The summed E-state index contributed by atoms with van der Waals surface area (Å²) in [5.74, 6) is 1.93. The number of anilines is 2. The molecule has 20 heavy (non-hydrogen) atoms. The molecular weight excluding hydrogens is 252 g/mol. The van der Waals surface area contributed by atoms with Crippen molar-refractivity contribution in [3.05, 3.63) is 11.9 Å². The van der Waals surface area contributed by atoms with Gasteiger partial charge in [-0.2, -0.15) is 0 Å². The van der Waals surface area contributed by atoms with Crippen molar-refractivity contribution in [1.29, 1.82) is 0 Å². The lowest BCUT2D eigenvalue weighted by Gasteiger charge is -2.18. The molecule has 0 aromatic carbocycles. The van der Waals surface area contributed by atoms with Crippen molar-refractivity contribution in [2.45, 2.75) is 39.5 Å². The van der Waals surface area contributed by atoms with Crippen molar-refractivity contribution in [3.8, 4) is 0 Å². The van der Waals surface area contributed by atoms with Crippen LogP contribution in [0.15, 0.2) is 6.33 Å². The Labute approximate surface area is 121 Å². The molecular formula is C15H26N4O. The minimum Gasteiger partial charge on any atom is -0.385 e. The van der Waals surface area contributed by atoms with E-state index in [4.69, 9.17) is 4.74 Å². The van der Waals surface area contributed by atoms with Gasteiger partial charge in [0.25, 0.3) is 0 Å². The van der Waals surface area contributed by atoms with E-state index in [1.807, 2.05) is 0 Å². The zero-order valence-corrected chi connectivity index (χ0v) is 12.8. The fourth-order valence-electron chi connectivity index (χ4n) is 2.50. The highest BCUT2D eigenvalue weighted by atomic mass is 16.5. The van der Waals surface area contributed by atoms with E-state index < -0.39 is 0 Å². The van der Waals surface area contributed by atoms with Gasteiger partial charge in [0.15, 0.2) is 0 Å². The molecule has 0 spiro atoms. The lowest BCUT2D eigenvalue weighted by atomic mass is 10.0. The third-order valence-corrected chi connectivity index (χ3v) is 4.07. The van der Waals surface area contributed by atoms with Crippen LogP contribution in [0.3, 0.4) is 0 Å². The van der Waals surface area contributed by atoms with Gasteiger partial charge in [0, 0.05) is 32.4 Å². The van der Waals surface area contributed by atoms with Crippen molar-refractivity contribution in [2.75, 3.05) is 37.4 Å². The van der Waals surface area contributed by atoms with E-state index in [-0.39, 0.29) is 0 Å². The number of hydrogen-bond donors (Lipinski definition) is 2. The molecule has 1 aromatic rings. The third-order valence-electron chi connectivity index (χ3n) is 4.07.